The first-order valence-corrected chi connectivity index (χ1v) is 7.10. The molecule has 0 spiro atoms. The van der Waals surface area contributed by atoms with Crippen LogP contribution in [0.4, 0.5) is 14.5 Å². The molecule has 1 rings (SSSR count). The minimum absolute atomic E-state index is 0.248. The number of nitrogens with two attached hydrogens (primary N) is 1. The van der Waals surface area contributed by atoms with E-state index in [0.717, 1.165) is 6.07 Å². The molecule has 19 heavy (non-hydrogen) atoms. The van der Waals surface area contributed by atoms with Gasteiger partial charge >= 0.3 is 6.61 Å². The quantitative estimate of drug-likeness (QED) is 0.841. The summed E-state index contributed by atoms with van der Waals surface area (Å²) >= 11 is 0. The van der Waals surface area contributed by atoms with Gasteiger partial charge in [-0.25, -0.2) is 13.6 Å². The molecule has 0 fully saturated rings. The third-order valence-corrected chi connectivity index (χ3v) is 3.11. The highest BCUT2D eigenvalue weighted by molar-refractivity contribution is 7.89. The van der Waals surface area contributed by atoms with Crippen molar-refractivity contribution in [1.82, 2.24) is 0 Å². The molecule has 0 saturated heterocycles. The van der Waals surface area contributed by atoms with E-state index in [0.29, 0.717) is 12.2 Å². The lowest BCUT2D eigenvalue weighted by molar-refractivity contribution is -0.0495. The summed E-state index contributed by atoms with van der Waals surface area (Å²) in [5, 5.41) is 7.84. The van der Waals surface area contributed by atoms with Crippen molar-refractivity contribution in [2.75, 3.05) is 11.9 Å². The van der Waals surface area contributed by atoms with Crippen LogP contribution in [-0.4, -0.2) is 21.6 Å². The highest BCUT2D eigenvalue weighted by Crippen LogP contribution is 2.29. The van der Waals surface area contributed by atoms with Crippen LogP contribution in [0.25, 0.3) is 0 Å². The summed E-state index contributed by atoms with van der Waals surface area (Å²) < 4.78 is 51.2. The van der Waals surface area contributed by atoms with Gasteiger partial charge in [-0.3, -0.25) is 0 Å². The number of benzene rings is 1. The van der Waals surface area contributed by atoms with Crippen molar-refractivity contribution in [2.24, 2.45) is 11.1 Å². The van der Waals surface area contributed by atoms with Gasteiger partial charge in [0.1, 0.15) is 0 Å². The van der Waals surface area contributed by atoms with Crippen molar-refractivity contribution in [2.45, 2.75) is 25.4 Å². The minimum Gasteiger partial charge on any atom is -0.433 e. The topological polar surface area (TPSA) is 81.4 Å². The average molecular weight is 294 g/mol. The summed E-state index contributed by atoms with van der Waals surface area (Å²) in [4.78, 5) is -0.279. The lowest BCUT2D eigenvalue weighted by atomic mass is 10.2. The number of hydrogen-bond acceptors (Lipinski definition) is 4. The molecule has 5 nitrogen and oxygen atoms in total. The Morgan fingerprint density at radius 1 is 1.37 bits per heavy atom. The largest absolute Gasteiger partial charge is 0.433 e. The summed E-state index contributed by atoms with van der Waals surface area (Å²) in [6.07, 6.45) is 0. The summed E-state index contributed by atoms with van der Waals surface area (Å²) in [5.74, 6) is 0.0412. The molecule has 0 bridgehead atoms. The molecule has 0 amide bonds. The number of ether oxygens (including phenoxy) is 1. The maximum Gasteiger partial charge on any atom is 0.387 e. The van der Waals surface area contributed by atoms with Gasteiger partial charge in [0.15, 0.2) is 5.75 Å². The zero-order valence-corrected chi connectivity index (χ0v) is 11.4. The Morgan fingerprint density at radius 2 is 2.00 bits per heavy atom. The van der Waals surface area contributed by atoms with Crippen LogP contribution in [-0.2, 0) is 10.0 Å². The van der Waals surface area contributed by atoms with Crippen molar-refractivity contribution in [3.63, 3.8) is 0 Å². The van der Waals surface area contributed by atoms with Crippen LogP contribution < -0.4 is 15.2 Å². The molecule has 0 saturated carbocycles. The average Bonchev–Trinajstić information content (AvgIpc) is 2.25. The molecule has 0 unspecified atom stereocenters. The van der Waals surface area contributed by atoms with Crippen LogP contribution in [0.5, 0.6) is 5.75 Å². The van der Waals surface area contributed by atoms with Crippen LogP contribution in [0.3, 0.4) is 0 Å². The normalized spacial score (nSPS) is 11.9. The number of halogens is 2. The van der Waals surface area contributed by atoms with E-state index in [9.17, 15) is 17.2 Å². The fraction of sp³-hybridized carbons (Fsp3) is 0.455. The molecule has 8 heteroatoms. The SMILES string of the molecule is CC(C)CNc1ccc(S(N)(=O)=O)cc1OC(F)F. The molecule has 0 heterocycles. The van der Waals surface area contributed by atoms with E-state index < -0.39 is 16.6 Å². The van der Waals surface area contributed by atoms with Crippen molar-refractivity contribution in [3.8, 4) is 5.75 Å². The molecule has 0 radical (unpaired) electrons. The van der Waals surface area contributed by atoms with Gasteiger partial charge in [0.25, 0.3) is 0 Å². The number of sulfonamides is 1. The van der Waals surface area contributed by atoms with Crippen molar-refractivity contribution >= 4 is 15.7 Å². The first-order chi connectivity index (χ1) is 8.70. The Morgan fingerprint density at radius 3 is 2.47 bits per heavy atom. The van der Waals surface area contributed by atoms with Crippen LogP contribution in [0.2, 0.25) is 0 Å². The molecular weight excluding hydrogens is 278 g/mol. The van der Waals surface area contributed by atoms with Gasteiger partial charge in [-0.15, -0.1) is 0 Å². The fourth-order valence-corrected chi connectivity index (χ4v) is 1.86. The van der Waals surface area contributed by atoms with Crippen molar-refractivity contribution in [1.29, 1.82) is 0 Å². The monoisotopic (exact) mass is 294 g/mol. The standard InChI is InChI=1S/C11H16F2N2O3S/c1-7(2)6-15-9-4-3-8(19(14,16)17)5-10(9)18-11(12)13/h3-5,7,11,15H,6H2,1-2H3,(H2,14,16,17). The van der Waals surface area contributed by atoms with Gasteiger partial charge in [-0.1, -0.05) is 13.8 Å². The number of alkyl halides is 2. The van der Waals surface area contributed by atoms with Gasteiger partial charge in [-0.05, 0) is 18.1 Å². The van der Waals surface area contributed by atoms with Crippen LogP contribution in [0.1, 0.15) is 13.8 Å². The van der Waals surface area contributed by atoms with E-state index in [-0.39, 0.29) is 16.6 Å². The Hall–Kier alpha value is -1.41. The number of rotatable bonds is 6. The number of hydrogen-bond donors (Lipinski definition) is 2. The summed E-state index contributed by atoms with van der Waals surface area (Å²) in [6, 6.07) is 3.56. The van der Waals surface area contributed by atoms with Crippen molar-refractivity contribution in [3.05, 3.63) is 18.2 Å². The number of anilines is 1. The molecule has 0 aliphatic rings. The first-order valence-electron chi connectivity index (χ1n) is 5.55. The molecule has 0 aliphatic carbocycles. The van der Waals surface area contributed by atoms with Gasteiger partial charge in [0, 0.05) is 12.6 Å². The summed E-state index contributed by atoms with van der Waals surface area (Å²) in [7, 11) is -3.96. The third kappa shape index (κ3) is 4.99. The highest BCUT2D eigenvalue weighted by atomic mass is 32.2. The Labute approximate surface area is 110 Å². The van der Waals surface area contributed by atoms with E-state index in [1.165, 1.54) is 12.1 Å². The van der Waals surface area contributed by atoms with E-state index in [1.807, 2.05) is 13.8 Å². The predicted molar refractivity (Wildman–Crippen MR) is 67.8 cm³/mol. The van der Waals surface area contributed by atoms with Crippen LogP contribution in [0, 0.1) is 5.92 Å². The number of nitrogens with one attached hydrogen (secondary N) is 1. The van der Waals surface area contributed by atoms with Gasteiger partial charge in [-0.2, -0.15) is 8.78 Å². The lowest BCUT2D eigenvalue weighted by Gasteiger charge is -2.15. The van der Waals surface area contributed by atoms with Gasteiger partial charge in [0.2, 0.25) is 10.0 Å². The second-order valence-corrected chi connectivity index (χ2v) is 5.92. The minimum atomic E-state index is -3.96. The Balaban J connectivity index is 3.09. The number of primary sulfonamides is 1. The van der Waals surface area contributed by atoms with Crippen LogP contribution >= 0.6 is 0 Å². The van der Waals surface area contributed by atoms with Gasteiger partial charge < -0.3 is 10.1 Å². The third-order valence-electron chi connectivity index (χ3n) is 2.20. The second-order valence-electron chi connectivity index (χ2n) is 4.36. The molecule has 1 aromatic carbocycles. The Kier molecular flexibility index (Phi) is 5.07. The van der Waals surface area contributed by atoms with Crippen molar-refractivity contribution < 1.29 is 21.9 Å². The van der Waals surface area contributed by atoms with Gasteiger partial charge in [0.05, 0.1) is 10.6 Å². The molecule has 0 aliphatic heterocycles. The summed E-state index contributed by atoms with van der Waals surface area (Å²) in [6.45, 7) is 1.38. The molecule has 3 N–H and O–H groups in total. The molecule has 0 aromatic heterocycles. The van der Waals surface area contributed by atoms with E-state index in [4.69, 9.17) is 5.14 Å². The van der Waals surface area contributed by atoms with E-state index in [1.54, 1.807) is 0 Å². The van der Waals surface area contributed by atoms with E-state index in [2.05, 4.69) is 10.1 Å². The fourth-order valence-electron chi connectivity index (χ4n) is 1.33. The molecule has 1 aromatic rings. The maximum absolute atomic E-state index is 12.3. The maximum atomic E-state index is 12.3. The van der Waals surface area contributed by atoms with E-state index >= 15 is 0 Å². The molecular formula is C11H16F2N2O3S. The lowest BCUT2D eigenvalue weighted by Crippen LogP contribution is -2.14. The smallest absolute Gasteiger partial charge is 0.387 e. The van der Waals surface area contributed by atoms with Crippen LogP contribution in [0.15, 0.2) is 23.1 Å². The predicted octanol–water partition coefficient (Wildman–Crippen LogP) is 2.00. The zero-order valence-electron chi connectivity index (χ0n) is 10.6. The Bertz CT molecular complexity index is 533. The zero-order chi connectivity index (χ0) is 14.6. The molecule has 108 valence electrons. The first kappa shape index (κ1) is 15.6. The second kappa shape index (κ2) is 6.16. The summed E-state index contributed by atoms with van der Waals surface area (Å²) in [5.41, 5.74) is 0.293. The molecule has 0 atom stereocenters. The highest BCUT2D eigenvalue weighted by Gasteiger charge is 2.15.